The normalized spacial score (nSPS) is 9.39. The van der Waals surface area contributed by atoms with Crippen LogP contribution in [0.5, 0.6) is 0 Å². The molecule has 0 unspecified atom stereocenters. The number of carbonyl (C=O) groups is 1. The molecule has 1 N–H and O–H groups in total. The van der Waals surface area contributed by atoms with Gasteiger partial charge in [0.15, 0.2) is 0 Å². The van der Waals surface area contributed by atoms with Crippen molar-refractivity contribution in [2.24, 2.45) is 0 Å². The van der Waals surface area contributed by atoms with E-state index in [1.165, 1.54) is 32.1 Å². The van der Waals surface area contributed by atoms with Crippen LogP contribution in [0.1, 0.15) is 58.3 Å². The SMILES string of the molecule is CCCCCCCCCC(=O)O.c1ccccc1. The van der Waals surface area contributed by atoms with E-state index >= 15 is 0 Å². The molecule has 0 aliphatic carbocycles. The third kappa shape index (κ3) is 14.7. The Hall–Kier alpha value is -1.31. The van der Waals surface area contributed by atoms with Crippen LogP contribution in [0, 0.1) is 0 Å². The number of unbranched alkanes of at least 4 members (excludes halogenated alkanes) is 6. The minimum absolute atomic E-state index is 0.341. The van der Waals surface area contributed by atoms with Crippen molar-refractivity contribution in [3.63, 3.8) is 0 Å². The zero-order valence-electron chi connectivity index (χ0n) is 11.5. The average Bonchev–Trinajstić information content (AvgIpc) is 2.40. The molecular weight excluding hydrogens is 224 g/mol. The van der Waals surface area contributed by atoms with E-state index in [9.17, 15) is 4.79 Å². The van der Waals surface area contributed by atoms with E-state index in [0.717, 1.165) is 12.8 Å². The number of carboxylic acids is 1. The number of aliphatic carboxylic acids is 1. The monoisotopic (exact) mass is 250 g/mol. The van der Waals surface area contributed by atoms with E-state index in [4.69, 9.17) is 5.11 Å². The summed E-state index contributed by atoms with van der Waals surface area (Å²) in [7, 11) is 0. The molecule has 1 aromatic rings. The van der Waals surface area contributed by atoms with Crippen LogP contribution in [0.4, 0.5) is 0 Å². The molecule has 0 spiro atoms. The fourth-order valence-corrected chi connectivity index (χ4v) is 1.62. The van der Waals surface area contributed by atoms with Gasteiger partial charge < -0.3 is 5.11 Å². The van der Waals surface area contributed by atoms with Crippen molar-refractivity contribution in [2.45, 2.75) is 58.3 Å². The van der Waals surface area contributed by atoms with Crippen LogP contribution in [0.25, 0.3) is 0 Å². The molecule has 2 heteroatoms. The third-order valence-corrected chi connectivity index (χ3v) is 2.66. The minimum Gasteiger partial charge on any atom is -0.481 e. The zero-order chi connectivity index (χ0) is 13.5. The van der Waals surface area contributed by atoms with E-state index in [1.807, 2.05) is 36.4 Å². The number of hydrogen-bond donors (Lipinski definition) is 1. The summed E-state index contributed by atoms with van der Waals surface area (Å²) < 4.78 is 0. The summed E-state index contributed by atoms with van der Waals surface area (Å²) in [6.45, 7) is 2.20. The molecule has 0 heterocycles. The topological polar surface area (TPSA) is 37.3 Å². The molecular formula is C16H26O2. The Balaban J connectivity index is 0.000000397. The molecule has 0 aromatic heterocycles. The molecule has 0 aliphatic heterocycles. The van der Waals surface area contributed by atoms with Crippen LogP contribution in [-0.2, 0) is 4.79 Å². The van der Waals surface area contributed by atoms with E-state index in [1.54, 1.807) is 0 Å². The minimum atomic E-state index is -0.663. The predicted molar refractivity (Wildman–Crippen MR) is 76.7 cm³/mol. The second-order valence-electron chi connectivity index (χ2n) is 4.42. The highest BCUT2D eigenvalue weighted by Gasteiger charge is 1.95. The Morgan fingerprint density at radius 3 is 1.56 bits per heavy atom. The molecule has 102 valence electrons. The average molecular weight is 250 g/mol. The molecule has 1 rings (SSSR count). The molecule has 0 radical (unpaired) electrons. The van der Waals surface area contributed by atoms with Crippen LogP contribution in [0.2, 0.25) is 0 Å². The van der Waals surface area contributed by atoms with Crippen molar-refractivity contribution in [1.82, 2.24) is 0 Å². The van der Waals surface area contributed by atoms with Crippen molar-refractivity contribution >= 4 is 5.97 Å². The summed E-state index contributed by atoms with van der Waals surface area (Å²) in [6, 6.07) is 12.0. The fraction of sp³-hybridized carbons (Fsp3) is 0.562. The Kier molecular flexibility index (Phi) is 12.8. The number of rotatable bonds is 8. The molecule has 0 saturated carbocycles. The second kappa shape index (κ2) is 13.8. The van der Waals surface area contributed by atoms with Crippen LogP contribution in [0.3, 0.4) is 0 Å². The highest BCUT2D eigenvalue weighted by molar-refractivity contribution is 5.66. The molecule has 0 bridgehead atoms. The second-order valence-corrected chi connectivity index (χ2v) is 4.42. The lowest BCUT2D eigenvalue weighted by molar-refractivity contribution is -0.137. The molecule has 1 aromatic carbocycles. The van der Waals surface area contributed by atoms with Gasteiger partial charge in [0, 0.05) is 6.42 Å². The Labute approximate surface area is 111 Å². The van der Waals surface area contributed by atoms with Gasteiger partial charge in [-0.2, -0.15) is 0 Å². The van der Waals surface area contributed by atoms with Crippen LogP contribution < -0.4 is 0 Å². The highest BCUT2D eigenvalue weighted by Crippen LogP contribution is 2.07. The van der Waals surface area contributed by atoms with Crippen molar-refractivity contribution in [2.75, 3.05) is 0 Å². The molecule has 0 atom stereocenters. The Bertz CT molecular complexity index is 243. The first-order valence-corrected chi connectivity index (χ1v) is 6.99. The summed E-state index contributed by atoms with van der Waals surface area (Å²) in [4.78, 5) is 10.1. The van der Waals surface area contributed by atoms with Crippen LogP contribution in [0.15, 0.2) is 36.4 Å². The first-order chi connectivity index (χ1) is 8.77. The van der Waals surface area contributed by atoms with Crippen molar-refractivity contribution in [1.29, 1.82) is 0 Å². The van der Waals surface area contributed by atoms with Gasteiger partial charge in [0.1, 0.15) is 0 Å². The fourth-order valence-electron chi connectivity index (χ4n) is 1.62. The highest BCUT2D eigenvalue weighted by atomic mass is 16.4. The number of carboxylic acid groups (broad SMARTS) is 1. The van der Waals surface area contributed by atoms with Gasteiger partial charge in [0.05, 0.1) is 0 Å². The van der Waals surface area contributed by atoms with Gasteiger partial charge in [0.25, 0.3) is 0 Å². The number of hydrogen-bond acceptors (Lipinski definition) is 1. The molecule has 2 nitrogen and oxygen atoms in total. The summed E-state index contributed by atoms with van der Waals surface area (Å²) >= 11 is 0. The van der Waals surface area contributed by atoms with Crippen molar-refractivity contribution in [3.8, 4) is 0 Å². The van der Waals surface area contributed by atoms with E-state index in [0.29, 0.717) is 6.42 Å². The lowest BCUT2D eigenvalue weighted by Gasteiger charge is -1.98. The largest absolute Gasteiger partial charge is 0.481 e. The molecule has 0 fully saturated rings. The number of benzene rings is 1. The van der Waals surface area contributed by atoms with Gasteiger partial charge in [0.2, 0.25) is 0 Å². The summed E-state index contributed by atoms with van der Waals surface area (Å²) in [5.41, 5.74) is 0. The van der Waals surface area contributed by atoms with E-state index in [-0.39, 0.29) is 0 Å². The van der Waals surface area contributed by atoms with Gasteiger partial charge in [-0.05, 0) is 6.42 Å². The van der Waals surface area contributed by atoms with Crippen molar-refractivity contribution in [3.05, 3.63) is 36.4 Å². The Morgan fingerprint density at radius 2 is 1.17 bits per heavy atom. The first kappa shape index (κ1) is 16.7. The lowest BCUT2D eigenvalue weighted by Crippen LogP contribution is -1.93. The molecule has 0 saturated heterocycles. The lowest BCUT2D eigenvalue weighted by atomic mass is 10.1. The van der Waals surface area contributed by atoms with Gasteiger partial charge in [-0.3, -0.25) is 4.79 Å². The summed E-state index contributed by atoms with van der Waals surface area (Å²) in [6.07, 6.45) is 8.64. The van der Waals surface area contributed by atoms with E-state index < -0.39 is 5.97 Å². The van der Waals surface area contributed by atoms with E-state index in [2.05, 4.69) is 6.92 Å². The molecule has 0 aliphatic rings. The molecule has 0 amide bonds. The maximum atomic E-state index is 10.1. The van der Waals surface area contributed by atoms with Crippen LogP contribution in [-0.4, -0.2) is 11.1 Å². The van der Waals surface area contributed by atoms with Gasteiger partial charge in [-0.15, -0.1) is 0 Å². The maximum Gasteiger partial charge on any atom is 0.303 e. The van der Waals surface area contributed by atoms with Gasteiger partial charge in [-0.1, -0.05) is 81.8 Å². The summed E-state index contributed by atoms with van der Waals surface area (Å²) in [5, 5.41) is 8.35. The first-order valence-electron chi connectivity index (χ1n) is 6.99. The van der Waals surface area contributed by atoms with Gasteiger partial charge in [-0.25, -0.2) is 0 Å². The maximum absolute atomic E-state index is 10.1. The predicted octanol–water partition coefficient (Wildman–Crippen LogP) is 4.90. The third-order valence-electron chi connectivity index (χ3n) is 2.66. The molecule has 18 heavy (non-hydrogen) atoms. The van der Waals surface area contributed by atoms with Gasteiger partial charge >= 0.3 is 5.97 Å². The Morgan fingerprint density at radius 1 is 0.778 bits per heavy atom. The van der Waals surface area contributed by atoms with Crippen molar-refractivity contribution < 1.29 is 9.90 Å². The smallest absolute Gasteiger partial charge is 0.303 e. The zero-order valence-corrected chi connectivity index (χ0v) is 11.5. The summed E-state index contributed by atoms with van der Waals surface area (Å²) in [5.74, 6) is -0.663. The standard InChI is InChI=1S/C10H20O2.C6H6/c1-2-3-4-5-6-7-8-9-10(11)12;1-2-4-6-5-3-1/h2-9H2,1H3,(H,11,12);1-6H. The van der Waals surface area contributed by atoms with Crippen LogP contribution >= 0.6 is 0 Å². The quantitative estimate of drug-likeness (QED) is 0.666.